The van der Waals surface area contributed by atoms with E-state index in [4.69, 9.17) is 0 Å². The highest BCUT2D eigenvalue weighted by atomic mass is 19.4. The normalized spacial score (nSPS) is 16.5. The van der Waals surface area contributed by atoms with Crippen molar-refractivity contribution in [2.45, 2.75) is 31.4 Å². The Morgan fingerprint density at radius 3 is 2.36 bits per heavy atom. The first kappa shape index (κ1) is 19.0. The van der Waals surface area contributed by atoms with Crippen molar-refractivity contribution in [2.75, 3.05) is 19.6 Å². The Bertz CT molecular complexity index is 934. The zero-order chi connectivity index (χ0) is 19.6. The quantitative estimate of drug-likeness (QED) is 0.512. The van der Waals surface area contributed by atoms with Gasteiger partial charge in [-0.05, 0) is 66.2 Å². The van der Waals surface area contributed by atoms with Gasteiger partial charge in [0.2, 0.25) is 0 Å². The van der Waals surface area contributed by atoms with Crippen LogP contribution in [0.2, 0.25) is 0 Å². The molecule has 4 rings (SSSR count). The number of hydrogen-bond donors (Lipinski definition) is 0. The van der Waals surface area contributed by atoms with Crippen molar-refractivity contribution in [1.29, 1.82) is 0 Å². The summed E-state index contributed by atoms with van der Waals surface area (Å²) in [4.78, 5) is 2.44. The van der Waals surface area contributed by atoms with Gasteiger partial charge in [0, 0.05) is 6.54 Å². The predicted molar refractivity (Wildman–Crippen MR) is 108 cm³/mol. The first-order valence-corrected chi connectivity index (χ1v) is 9.87. The fraction of sp³-hybridized carbons (Fsp3) is 0.333. The van der Waals surface area contributed by atoms with E-state index in [9.17, 15) is 13.2 Å². The van der Waals surface area contributed by atoms with Gasteiger partial charge in [-0.3, -0.25) is 0 Å². The summed E-state index contributed by atoms with van der Waals surface area (Å²) in [6, 6.07) is 20.7. The highest BCUT2D eigenvalue weighted by Crippen LogP contribution is 2.34. The molecule has 1 fully saturated rings. The number of alkyl halides is 3. The maximum Gasteiger partial charge on any atom is 0.416 e. The second kappa shape index (κ2) is 7.96. The molecule has 146 valence electrons. The lowest BCUT2D eigenvalue weighted by molar-refractivity contribution is -0.137. The van der Waals surface area contributed by atoms with Crippen LogP contribution in [0.25, 0.3) is 10.8 Å². The van der Waals surface area contributed by atoms with Crippen molar-refractivity contribution in [3.8, 4) is 0 Å². The molecular formula is C24H24F3N. The van der Waals surface area contributed by atoms with Crippen LogP contribution < -0.4 is 0 Å². The number of nitrogens with zero attached hydrogens (tertiary/aromatic N) is 1. The van der Waals surface area contributed by atoms with Crippen molar-refractivity contribution in [3.63, 3.8) is 0 Å². The van der Waals surface area contributed by atoms with Crippen molar-refractivity contribution in [1.82, 2.24) is 4.90 Å². The van der Waals surface area contributed by atoms with E-state index in [-0.39, 0.29) is 5.92 Å². The van der Waals surface area contributed by atoms with Crippen LogP contribution in [0.4, 0.5) is 13.2 Å². The summed E-state index contributed by atoms with van der Waals surface area (Å²) >= 11 is 0. The van der Waals surface area contributed by atoms with Crippen LogP contribution in [0.1, 0.15) is 35.4 Å². The van der Waals surface area contributed by atoms with E-state index in [0.29, 0.717) is 0 Å². The van der Waals surface area contributed by atoms with Crippen LogP contribution in [-0.2, 0) is 12.6 Å². The van der Waals surface area contributed by atoms with Gasteiger partial charge < -0.3 is 4.90 Å². The van der Waals surface area contributed by atoms with Crippen LogP contribution in [-0.4, -0.2) is 24.5 Å². The topological polar surface area (TPSA) is 3.24 Å². The Kier molecular flexibility index (Phi) is 5.40. The highest BCUT2D eigenvalue weighted by molar-refractivity contribution is 5.85. The monoisotopic (exact) mass is 383 g/mol. The van der Waals surface area contributed by atoms with Crippen molar-refractivity contribution in [2.24, 2.45) is 0 Å². The number of piperidine rings is 1. The van der Waals surface area contributed by atoms with Crippen molar-refractivity contribution < 1.29 is 13.2 Å². The zero-order valence-electron chi connectivity index (χ0n) is 15.8. The molecule has 0 atom stereocenters. The molecule has 0 N–H and O–H groups in total. The first-order chi connectivity index (χ1) is 13.5. The number of benzene rings is 3. The second-order valence-electron chi connectivity index (χ2n) is 7.63. The second-order valence-corrected chi connectivity index (χ2v) is 7.63. The third-order valence-corrected chi connectivity index (χ3v) is 5.85. The van der Waals surface area contributed by atoms with Gasteiger partial charge in [0.25, 0.3) is 0 Å². The highest BCUT2D eigenvalue weighted by Gasteiger charge is 2.31. The van der Waals surface area contributed by atoms with Crippen LogP contribution in [0.15, 0.2) is 66.7 Å². The molecule has 1 nitrogen and oxygen atoms in total. The lowest BCUT2D eigenvalue weighted by Crippen LogP contribution is -2.34. The number of likely N-dealkylation sites (tertiary alicyclic amines) is 1. The molecular weight excluding hydrogens is 359 g/mol. The van der Waals surface area contributed by atoms with Gasteiger partial charge in [0.15, 0.2) is 0 Å². The van der Waals surface area contributed by atoms with Gasteiger partial charge in [-0.15, -0.1) is 0 Å². The Morgan fingerprint density at radius 2 is 1.57 bits per heavy atom. The molecule has 0 aliphatic carbocycles. The summed E-state index contributed by atoms with van der Waals surface area (Å²) in [5.74, 6) is 0.219. The summed E-state index contributed by atoms with van der Waals surface area (Å²) in [5, 5.41) is 2.58. The smallest absolute Gasteiger partial charge is 0.303 e. The molecule has 0 spiro atoms. The molecule has 3 aromatic carbocycles. The van der Waals surface area contributed by atoms with Crippen LogP contribution in [0.3, 0.4) is 0 Å². The van der Waals surface area contributed by atoms with Gasteiger partial charge in [-0.25, -0.2) is 0 Å². The third kappa shape index (κ3) is 4.22. The first-order valence-electron chi connectivity index (χ1n) is 9.87. The summed E-state index contributed by atoms with van der Waals surface area (Å²) < 4.78 is 38.9. The molecule has 3 aromatic rings. The number of fused-ring (bicyclic) bond motifs is 1. The molecule has 0 bridgehead atoms. The van der Waals surface area contributed by atoms with Gasteiger partial charge in [-0.1, -0.05) is 60.7 Å². The molecule has 1 saturated heterocycles. The molecule has 0 saturated carbocycles. The van der Waals surface area contributed by atoms with Crippen molar-refractivity contribution >= 4 is 10.8 Å². The third-order valence-electron chi connectivity index (χ3n) is 5.85. The van der Waals surface area contributed by atoms with Gasteiger partial charge in [0.05, 0.1) is 5.56 Å². The molecule has 0 radical (unpaired) electrons. The maximum atomic E-state index is 13.0. The number of rotatable bonds is 4. The van der Waals surface area contributed by atoms with Gasteiger partial charge >= 0.3 is 6.18 Å². The van der Waals surface area contributed by atoms with E-state index in [1.165, 1.54) is 28.5 Å². The summed E-state index contributed by atoms with van der Waals surface area (Å²) in [6.07, 6.45) is -1.45. The Morgan fingerprint density at radius 1 is 0.857 bits per heavy atom. The van der Waals surface area contributed by atoms with Gasteiger partial charge in [0.1, 0.15) is 0 Å². The van der Waals surface area contributed by atoms with E-state index in [1.54, 1.807) is 0 Å². The minimum absolute atomic E-state index is 0.219. The van der Waals surface area contributed by atoms with E-state index >= 15 is 0 Å². The van der Waals surface area contributed by atoms with E-state index in [2.05, 4.69) is 47.4 Å². The SMILES string of the molecule is FC(F)(F)c1cccc(C2CCN(CCc3cccc4ccccc34)CC2)c1. The molecule has 0 aromatic heterocycles. The maximum absolute atomic E-state index is 13.0. The standard InChI is InChI=1S/C24H24F3N/c25-24(26,27)22-9-4-8-21(17-22)18-11-14-28(15-12-18)16-13-20-7-3-6-19-5-1-2-10-23(19)20/h1-10,17-18H,11-16H2. The van der Waals surface area contributed by atoms with Crippen LogP contribution >= 0.6 is 0 Å². The minimum atomic E-state index is -4.27. The average Bonchev–Trinajstić information content (AvgIpc) is 2.72. The average molecular weight is 383 g/mol. The molecule has 0 amide bonds. The minimum Gasteiger partial charge on any atom is -0.303 e. The molecule has 0 unspecified atom stereocenters. The summed E-state index contributed by atoms with van der Waals surface area (Å²) in [6.45, 7) is 2.86. The van der Waals surface area contributed by atoms with Crippen molar-refractivity contribution in [3.05, 3.63) is 83.4 Å². The molecule has 1 aliphatic heterocycles. The Hall–Kier alpha value is -2.33. The van der Waals surface area contributed by atoms with E-state index in [1.807, 2.05) is 6.07 Å². The largest absolute Gasteiger partial charge is 0.416 e. The van der Waals surface area contributed by atoms with E-state index in [0.717, 1.165) is 50.5 Å². The zero-order valence-corrected chi connectivity index (χ0v) is 15.8. The predicted octanol–water partition coefficient (Wildman–Crippen LogP) is 6.28. The van der Waals surface area contributed by atoms with Crippen LogP contribution in [0, 0.1) is 0 Å². The van der Waals surface area contributed by atoms with Crippen LogP contribution in [0.5, 0.6) is 0 Å². The molecule has 4 heteroatoms. The Balaban J connectivity index is 1.36. The molecule has 1 aliphatic rings. The lowest BCUT2D eigenvalue weighted by atomic mass is 9.88. The summed E-state index contributed by atoms with van der Waals surface area (Å²) in [7, 11) is 0. The lowest BCUT2D eigenvalue weighted by Gasteiger charge is -2.32. The number of hydrogen-bond acceptors (Lipinski definition) is 1. The van der Waals surface area contributed by atoms with E-state index < -0.39 is 11.7 Å². The molecule has 1 heterocycles. The van der Waals surface area contributed by atoms with Gasteiger partial charge in [-0.2, -0.15) is 13.2 Å². The fourth-order valence-electron chi connectivity index (χ4n) is 4.25. The number of halogens is 3. The fourth-order valence-corrected chi connectivity index (χ4v) is 4.25. The molecule has 28 heavy (non-hydrogen) atoms. The Labute approximate surface area is 163 Å². The summed E-state index contributed by atoms with van der Waals surface area (Å²) in [5.41, 5.74) is 1.64.